The fourth-order valence-corrected chi connectivity index (χ4v) is 1.86. The van der Waals surface area contributed by atoms with Gasteiger partial charge in [-0.25, -0.2) is 0 Å². The van der Waals surface area contributed by atoms with Gasteiger partial charge < -0.3 is 20.2 Å². The molecule has 1 aromatic heterocycles. The third-order valence-electron chi connectivity index (χ3n) is 2.82. The summed E-state index contributed by atoms with van der Waals surface area (Å²) < 4.78 is 5.00. The van der Waals surface area contributed by atoms with Gasteiger partial charge in [0.2, 0.25) is 0 Å². The van der Waals surface area contributed by atoms with E-state index in [2.05, 4.69) is 10.6 Å². The average Bonchev–Trinajstić information content (AvgIpc) is 2.95. The first-order chi connectivity index (χ1) is 10.6. The molecule has 1 heterocycles. The number of anilines is 1. The zero-order chi connectivity index (χ0) is 15.9. The Hall–Kier alpha value is -2.31. The second-order valence-corrected chi connectivity index (χ2v) is 4.84. The van der Waals surface area contributed by atoms with E-state index in [1.165, 1.54) is 12.1 Å². The molecule has 22 heavy (non-hydrogen) atoms. The van der Waals surface area contributed by atoms with E-state index < -0.39 is 5.91 Å². The van der Waals surface area contributed by atoms with E-state index in [4.69, 9.17) is 21.1 Å². The van der Waals surface area contributed by atoms with Gasteiger partial charge in [-0.3, -0.25) is 9.59 Å². The molecule has 0 saturated heterocycles. The maximum absolute atomic E-state index is 11.9. The number of nitrogens with one attached hydrogen (secondary N) is 2. The summed E-state index contributed by atoms with van der Waals surface area (Å²) in [6, 6.07) is 9.38. The first kappa shape index (κ1) is 16.1. The Morgan fingerprint density at radius 3 is 2.41 bits per heavy atom. The van der Waals surface area contributed by atoms with Gasteiger partial charge >= 0.3 is 0 Å². The molecule has 2 amide bonds. The van der Waals surface area contributed by atoms with Gasteiger partial charge in [0.15, 0.2) is 11.0 Å². The van der Waals surface area contributed by atoms with Crippen molar-refractivity contribution in [1.82, 2.24) is 5.32 Å². The number of hydrogen-bond donors (Lipinski definition) is 3. The molecule has 2 rings (SSSR count). The van der Waals surface area contributed by atoms with Crippen molar-refractivity contribution in [2.24, 2.45) is 0 Å². The Morgan fingerprint density at radius 2 is 1.82 bits per heavy atom. The lowest BCUT2D eigenvalue weighted by Gasteiger charge is -2.06. The van der Waals surface area contributed by atoms with Crippen molar-refractivity contribution < 1.29 is 19.1 Å². The Labute approximate surface area is 132 Å². The van der Waals surface area contributed by atoms with Gasteiger partial charge in [-0.2, -0.15) is 0 Å². The van der Waals surface area contributed by atoms with Crippen molar-refractivity contribution in [1.29, 1.82) is 0 Å². The zero-order valence-electron chi connectivity index (χ0n) is 11.6. The second-order valence-electron chi connectivity index (χ2n) is 4.47. The molecule has 2 aromatic rings. The molecule has 0 aliphatic heterocycles. The summed E-state index contributed by atoms with van der Waals surface area (Å²) in [5.41, 5.74) is 1.00. The van der Waals surface area contributed by atoms with Crippen LogP contribution in [-0.2, 0) is 0 Å². The van der Waals surface area contributed by atoms with E-state index in [0.29, 0.717) is 24.2 Å². The van der Waals surface area contributed by atoms with E-state index in [0.717, 1.165) is 0 Å². The van der Waals surface area contributed by atoms with E-state index in [1.54, 1.807) is 24.3 Å². The first-order valence-electron chi connectivity index (χ1n) is 6.66. The number of amides is 2. The molecule has 116 valence electrons. The van der Waals surface area contributed by atoms with E-state index >= 15 is 0 Å². The third-order valence-corrected chi connectivity index (χ3v) is 3.03. The molecule has 3 N–H and O–H groups in total. The highest BCUT2D eigenvalue weighted by molar-refractivity contribution is 6.29. The van der Waals surface area contributed by atoms with Crippen molar-refractivity contribution >= 4 is 29.1 Å². The highest BCUT2D eigenvalue weighted by Gasteiger charge is 2.11. The average molecular weight is 323 g/mol. The molecule has 0 aliphatic rings. The second kappa shape index (κ2) is 7.63. The summed E-state index contributed by atoms with van der Waals surface area (Å²) in [7, 11) is 0. The number of aliphatic hydroxyl groups is 1. The van der Waals surface area contributed by atoms with Crippen LogP contribution in [0.1, 0.15) is 27.3 Å². The summed E-state index contributed by atoms with van der Waals surface area (Å²) in [5, 5.41) is 14.1. The summed E-state index contributed by atoms with van der Waals surface area (Å²) in [6.07, 6.45) is 0.506. The molecular weight excluding hydrogens is 308 g/mol. The minimum atomic E-state index is -0.424. The molecule has 0 spiro atoms. The molecule has 6 nitrogen and oxygen atoms in total. The van der Waals surface area contributed by atoms with Crippen LogP contribution < -0.4 is 10.6 Å². The minimum absolute atomic E-state index is 0.0298. The molecule has 7 heteroatoms. The maximum Gasteiger partial charge on any atom is 0.291 e. The van der Waals surface area contributed by atoms with Crippen molar-refractivity contribution in [3.8, 4) is 0 Å². The Balaban J connectivity index is 1.94. The summed E-state index contributed by atoms with van der Waals surface area (Å²) in [4.78, 5) is 23.6. The number of aliphatic hydroxyl groups excluding tert-OH is 1. The number of furan rings is 1. The van der Waals surface area contributed by atoms with Gasteiger partial charge in [0.25, 0.3) is 11.8 Å². The van der Waals surface area contributed by atoms with Crippen LogP contribution in [-0.4, -0.2) is 30.1 Å². The van der Waals surface area contributed by atoms with Gasteiger partial charge in [0.1, 0.15) is 0 Å². The molecule has 0 saturated carbocycles. The molecule has 0 radical (unpaired) electrons. The first-order valence-corrected chi connectivity index (χ1v) is 7.04. The van der Waals surface area contributed by atoms with Crippen LogP contribution in [0.15, 0.2) is 40.8 Å². The number of benzene rings is 1. The topological polar surface area (TPSA) is 91.6 Å². The van der Waals surface area contributed by atoms with E-state index in [1.807, 2.05) is 0 Å². The van der Waals surface area contributed by atoms with Crippen LogP contribution in [0.4, 0.5) is 5.69 Å². The van der Waals surface area contributed by atoms with Gasteiger partial charge in [-0.15, -0.1) is 0 Å². The number of rotatable bonds is 6. The van der Waals surface area contributed by atoms with Gasteiger partial charge in [-0.05, 0) is 54.4 Å². The van der Waals surface area contributed by atoms with Crippen LogP contribution >= 0.6 is 11.6 Å². The van der Waals surface area contributed by atoms with Gasteiger partial charge in [-0.1, -0.05) is 0 Å². The SMILES string of the molecule is O=C(NCCCO)c1ccc(NC(=O)c2ccc(Cl)o2)cc1. The highest BCUT2D eigenvalue weighted by Crippen LogP contribution is 2.16. The molecule has 0 atom stereocenters. The monoisotopic (exact) mass is 322 g/mol. The fourth-order valence-electron chi connectivity index (χ4n) is 1.72. The predicted octanol–water partition coefficient (Wildman–Crippen LogP) is 2.30. The standard InChI is InChI=1S/C15H15ClN2O4/c16-13-7-6-12(22-13)15(21)18-11-4-2-10(3-5-11)14(20)17-8-1-9-19/h2-7,19H,1,8-9H2,(H,17,20)(H,18,21). The largest absolute Gasteiger partial charge is 0.440 e. The van der Waals surface area contributed by atoms with E-state index in [-0.39, 0.29) is 23.5 Å². The number of hydrogen-bond acceptors (Lipinski definition) is 4. The van der Waals surface area contributed by atoms with Crippen molar-refractivity contribution in [2.75, 3.05) is 18.5 Å². The van der Waals surface area contributed by atoms with Crippen molar-refractivity contribution in [2.45, 2.75) is 6.42 Å². The zero-order valence-corrected chi connectivity index (χ0v) is 12.4. The predicted molar refractivity (Wildman–Crippen MR) is 82.1 cm³/mol. The number of carbonyl (C=O) groups excluding carboxylic acids is 2. The Morgan fingerprint density at radius 1 is 1.09 bits per heavy atom. The summed E-state index contributed by atoms with van der Waals surface area (Å²) >= 11 is 5.61. The van der Waals surface area contributed by atoms with Crippen molar-refractivity contribution in [3.63, 3.8) is 0 Å². The van der Waals surface area contributed by atoms with Gasteiger partial charge in [0.05, 0.1) is 0 Å². The van der Waals surface area contributed by atoms with Crippen LogP contribution in [0.5, 0.6) is 0 Å². The van der Waals surface area contributed by atoms with Crippen LogP contribution in [0, 0.1) is 0 Å². The summed E-state index contributed by atoms with van der Waals surface area (Å²) in [5.74, 6) is -0.549. The fraction of sp³-hybridized carbons (Fsp3) is 0.200. The molecular formula is C15H15ClN2O4. The molecule has 0 aliphatic carbocycles. The third kappa shape index (κ3) is 4.34. The lowest BCUT2D eigenvalue weighted by molar-refractivity contribution is 0.0950. The number of halogens is 1. The van der Waals surface area contributed by atoms with Gasteiger partial charge in [0, 0.05) is 24.4 Å². The van der Waals surface area contributed by atoms with Crippen LogP contribution in [0.2, 0.25) is 5.22 Å². The molecule has 1 aromatic carbocycles. The van der Waals surface area contributed by atoms with Crippen LogP contribution in [0.3, 0.4) is 0 Å². The molecule has 0 bridgehead atoms. The molecule has 0 unspecified atom stereocenters. The molecule has 0 fully saturated rings. The lowest BCUT2D eigenvalue weighted by atomic mass is 10.2. The maximum atomic E-state index is 11.9. The smallest absolute Gasteiger partial charge is 0.291 e. The van der Waals surface area contributed by atoms with Crippen molar-refractivity contribution in [3.05, 3.63) is 52.9 Å². The Kier molecular flexibility index (Phi) is 5.57. The minimum Gasteiger partial charge on any atom is -0.440 e. The van der Waals surface area contributed by atoms with Crippen LogP contribution in [0.25, 0.3) is 0 Å². The lowest BCUT2D eigenvalue weighted by Crippen LogP contribution is -2.24. The quantitative estimate of drug-likeness (QED) is 0.712. The summed E-state index contributed by atoms with van der Waals surface area (Å²) in [6.45, 7) is 0.440. The number of carbonyl (C=O) groups is 2. The normalized spacial score (nSPS) is 10.3. The van der Waals surface area contributed by atoms with E-state index in [9.17, 15) is 9.59 Å². The Bertz CT molecular complexity index is 652. The highest BCUT2D eigenvalue weighted by atomic mass is 35.5.